The van der Waals surface area contributed by atoms with Crippen molar-refractivity contribution >= 4 is 23.5 Å². The summed E-state index contributed by atoms with van der Waals surface area (Å²) < 4.78 is 6.71. The van der Waals surface area contributed by atoms with Gasteiger partial charge in [-0.15, -0.1) is 5.10 Å². The van der Waals surface area contributed by atoms with Crippen molar-refractivity contribution in [2.45, 2.75) is 17.3 Å². The summed E-state index contributed by atoms with van der Waals surface area (Å²) in [6.07, 6.45) is 1.64. The highest BCUT2D eigenvalue weighted by Crippen LogP contribution is 2.34. The van der Waals surface area contributed by atoms with Gasteiger partial charge in [0.1, 0.15) is 17.3 Å². The number of rotatable bonds is 6. The summed E-state index contributed by atoms with van der Waals surface area (Å²) in [6, 6.07) is 20.9. The average Bonchev–Trinajstić information content (AvgIpc) is 3.36. The van der Waals surface area contributed by atoms with Gasteiger partial charge < -0.3 is 9.84 Å². The molecule has 0 aliphatic rings. The van der Waals surface area contributed by atoms with E-state index >= 15 is 0 Å². The Balaban J connectivity index is 1.58. The smallest absolute Gasteiger partial charge is 0.243 e. The van der Waals surface area contributed by atoms with Crippen LogP contribution >= 0.6 is 11.8 Å². The normalized spacial score (nSPS) is 11.9. The molecule has 140 valence electrons. The maximum absolute atomic E-state index is 12.9. The summed E-state index contributed by atoms with van der Waals surface area (Å²) in [6.45, 7) is 1.77. The van der Waals surface area contributed by atoms with E-state index in [4.69, 9.17) is 4.52 Å². The fraction of sp³-hybridized carbons (Fsp3) is 0.100. The molecule has 1 amide bonds. The molecule has 2 aromatic carbocycles. The largest absolute Gasteiger partial charge is 0.360 e. The average molecular weight is 391 g/mol. The number of anilines is 1. The van der Waals surface area contributed by atoms with Crippen LogP contribution in [0.25, 0.3) is 5.69 Å². The first kappa shape index (κ1) is 18.0. The molecule has 0 radical (unpaired) electrons. The molecule has 7 nitrogen and oxygen atoms in total. The second-order valence-electron chi connectivity index (χ2n) is 6.03. The van der Waals surface area contributed by atoms with E-state index in [0.717, 1.165) is 11.3 Å². The number of aryl methyl sites for hydroxylation is 1. The zero-order valence-corrected chi connectivity index (χ0v) is 15.8. The van der Waals surface area contributed by atoms with Crippen molar-refractivity contribution in [3.05, 3.63) is 84.4 Å². The van der Waals surface area contributed by atoms with Crippen LogP contribution in [0.1, 0.15) is 16.6 Å². The lowest BCUT2D eigenvalue weighted by molar-refractivity contribution is -0.115. The summed E-state index contributed by atoms with van der Waals surface area (Å²) in [5.41, 5.74) is 1.75. The Morgan fingerprint density at radius 1 is 1.11 bits per heavy atom. The number of aromatic nitrogens is 4. The Hall–Kier alpha value is -3.39. The molecular formula is C20H17N5O2S. The molecule has 0 aliphatic heterocycles. The van der Waals surface area contributed by atoms with Gasteiger partial charge in [0.2, 0.25) is 11.1 Å². The molecule has 28 heavy (non-hydrogen) atoms. The molecule has 1 atom stereocenters. The lowest BCUT2D eigenvalue weighted by atomic mass is 10.1. The number of benzene rings is 2. The van der Waals surface area contributed by atoms with E-state index in [1.165, 1.54) is 11.8 Å². The quantitative estimate of drug-likeness (QED) is 0.499. The Morgan fingerprint density at radius 2 is 1.82 bits per heavy atom. The minimum absolute atomic E-state index is 0.222. The highest BCUT2D eigenvalue weighted by atomic mass is 32.2. The molecule has 0 bridgehead atoms. The summed E-state index contributed by atoms with van der Waals surface area (Å²) in [4.78, 5) is 17.3. The van der Waals surface area contributed by atoms with Crippen LogP contribution in [-0.4, -0.2) is 25.8 Å². The Morgan fingerprint density at radius 3 is 2.50 bits per heavy atom. The van der Waals surface area contributed by atoms with Gasteiger partial charge in [0.25, 0.3) is 0 Å². The van der Waals surface area contributed by atoms with E-state index in [-0.39, 0.29) is 5.91 Å². The first-order valence-corrected chi connectivity index (χ1v) is 9.50. The number of nitrogens with zero attached hydrogens (tertiary/aromatic N) is 4. The van der Waals surface area contributed by atoms with Crippen LogP contribution < -0.4 is 5.32 Å². The number of carbonyl (C=O) groups is 1. The maximum atomic E-state index is 12.9. The van der Waals surface area contributed by atoms with Crippen molar-refractivity contribution in [3.63, 3.8) is 0 Å². The van der Waals surface area contributed by atoms with E-state index < -0.39 is 5.25 Å². The third-order valence-electron chi connectivity index (χ3n) is 3.93. The minimum atomic E-state index is -0.537. The standard InChI is InChI=1S/C20H17N5O2S/c1-14-12-17(24-27-14)22-19(26)18(15-8-4-2-5-9-15)28-20-21-13-25(23-20)16-10-6-3-7-11-16/h2-13,18H,1H3,(H,22,24,26). The number of hydrogen-bond acceptors (Lipinski definition) is 6. The summed E-state index contributed by atoms with van der Waals surface area (Å²) in [7, 11) is 0. The van der Waals surface area contributed by atoms with Gasteiger partial charge in [-0.3, -0.25) is 4.79 Å². The summed E-state index contributed by atoms with van der Waals surface area (Å²) >= 11 is 1.28. The van der Waals surface area contributed by atoms with Crippen LogP contribution in [0, 0.1) is 6.92 Å². The van der Waals surface area contributed by atoms with Gasteiger partial charge in [-0.05, 0) is 24.6 Å². The zero-order chi connectivity index (χ0) is 19.3. The van der Waals surface area contributed by atoms with Gasteiger partial charge in [-0.2, -0.15) is 0 Å². The Labute approximate surface area is 165 Å². The van der Waals surface area contributed by atoms with Crippen LogP contribution in [0.5, 0.6) is 0 Å². The molecule has 2 aromatic heterocycles. The number of para-hydroxylation sites is 1. The van der Waals surface area contributed by atoms with Crippen LogP contribution in [0.3, 0.4) is 0 Å². The number of hydrogen-bond donors (Lipinski definition) is 1. The molecule has 1 N–H and O–H groups in total. The second-order valence-corrected chi connectivity index (χ2v) is 7.10. The fourth-order valence-electron chi connectivity index (χ4n) is 2.63. The SMILES string of the molecule is Cc1cc(NC(=O)C(Sc2ncn(-c3ccccc3)n2)c2ccccc2)no1. The topological polar surface area (TPSA) is 85.8 Å². The molecule has 2 heterocycles. The Bertz CT molecular complexity index is 1060. The van der Waals surface area contributed by atoms with E-state index in [0.29, 0.717) is 16.7 Å². The summed E-state index contributed by atoms with van der Waals surface area (Å²) in [5.74, 6) is 0.787. The van der Waals surface area contributed by atoms with Gasteiger partial charge in [0.15, 0.2) is 5.82 Å². The molecule has 4 aromatic rings. The molecule has 8 heteroatoms. The van der Waals surface area contributed by atoms with E-state index in [2.05, 4.69) is 20.6 Å². The lowest BCUT2D eigenvalue weighted by Crippen LogP contribution is -2.19. The van der Waals surface area contributed by atoms with Crippen molar-refractivity contribution < 1.29 is 9.32 Å². The first-order valence-electron chi connectivity index (χ1n) is 8.62. The lowest BCUT2D eigenvalue weighted by Gasteiger charge is -2.14. The summed E-state index contributed by atoms with van der Waals surface area (Å²) in [5, 5.41) is 11.1. The molecule has 0 saturated heterocycles. The third-order valence-corrected chi connectivity index (χ3v) is 5.05. The maximum Gasteiger partial charge on any atom is 0.243 e. The highest BCUT2D eigenvalue weighted by Gasteiger charge is 2.25. The predicted molar refractivity (Wildman–Crippen MR) is 106 cm³/mol. The molecule has 0 fully saturated rings. The van der Waals surface area contributed by atoms with E-state index in [1.54, 1.807) is 24.0 Å². The number of thioether (sulfide) groups is 1. The monoisotopic (exact) mass is 391 g/mol. The molecular weight excluding hydrogens is 374 g/mol. The second kappa shape index (κ2) is 8.10. The van der Waals surface area contributed by atoms with E-state index in [1.807, 2.05) is 60.7 Å². The van der Waals surface area contributed by atoms with Crippen molar-refractivity contribution in [2.75, 3.05) is 5.32 Å². The molecule has 1 unspecified atom stereocenters. The van der Waals surface area contributed by atoms with Crippen LogP contribution in [0.2, 0.25) is 0 Å². The van der Waals surface area contributed by atoms with Gasteiger partial charge in [-0.25, -0.2) is 9.67 Å². The zero-order valence-electron chi connectivity index (χ0n) is 15.0. The minimum Gasteiger partial charge on any atom is -0.360 e. The molecule has 4 rings (SSSR count). The van der Waals surface area contributed by atoms with Crippen LogP contribution in [-0.2, 0) is 4.79 Å². The number of amides is 1. The van der Waals surface area contributed by atoms with Crippen LogP contribution in [0.15, 0.2) is 82.7 Å². The van der Waals surface area contributed by atoms with Gasteiger partial charge in [0, 0.05) is 6.07 Å². The van der Waals surface area contributed by atoms with Crippen molar-refractivity contribution in [3.8, 4) is 5.69 Å². The molecule has 0 aliphatic carbocycles. The third kappa shape index (κ3) is 4.12. The van der Waals surface area contributed by atoms with Gasteiger partial charge >= 0.3 is 0 Å². The molecule has 0 saturated carbocycles. The fourth-order valence-corrected chi connectivity index (χ4v) is 3.54. The van der Waals surface area contributed by atoms with Crippen molar-refractivity contribution in [1.82, 2.24) is 19.9 Å². The number of carbonyl (C=O) groups excluding carboxylic acids is 1. The van der Waals surface area contributed by atoms with E-state index in [9.17, 15) is 4.79 Å². The Kier molecular flexibility index (Phi) is 5.20. The van der Waals surface area contributed by atoms with Crippen LogP contribution in [0.4, 0.5) is 5.82 Å². The number of nitrogens with one attached hydrogen (secondary N) is 1. The first-order chi connectivity index (χ1) is 13.7. The van der Waals surface area contributed by atoms with Gasteiger partial charge in [0.05, 0.1) is 5.69 Å². The van der Waals surface area contributed by atoms with Gasteiger partial charge in [-0.1, -0.05) is 65.4 Å². The highest BCUT2D eigenvalue weighted by molar-refractivity contribution is 8.00. The molecule has 0 spiro atoms. The predicted octanol–water partition coefficient (Wildman–Crippen LogP) is 4.04. The van der Waals surface area contributed by atoms with Crippen molar-refractivity contribution in [1.29, 1.82) is 0 Å². The van der Waals surface area contributed by atoms with Crippen molar-refractivity contribution in [2.24, 2.45) is 0 Å².